The number of hydrogen-bond acceptors (Lipinski definition) is 5. The molecule has 2 N–H and O–H groups in total. The average molecular weight is 286 g/mol. The number of carbonyl (C=O) groups excluding carboxylic acids is 1. The number of nitrogen functional groups attached to an aromatic ring is 1. The van der Waals surface area contributed by atoms with Gasteiger partial charge in [0.15, 0.2) is 0 Å². The number of esters is 1. The molecule has 0 aliphatic rings. The topological polar surface area (TPSA) is 74.4 Å². The molecule has 0 fully saturated rings. The van der Waals surface area contributed by atoms with Gasteiger partial charge in [-0.3, -0.25) is 0 Å². The van der Waals surface area contributed by atoms with Crippen LogP contribution < -0.4 is 10.5 Å². The highest BCUT2D eigenvalue weighted by molar-refractivity contribution is 5.95. The fraction of sp³-hybridized carbons (Fsp3) is 0.250. The summed E-state index contributed by atoms with van der Waals surface area (Å²) in [5.74, 6) is 0.520. The van der Waals surface area contributed by atoms with Crippen LogP contribution in [0.3, 0.4) is 0 Å². The van der Waals surface area contributed by atoms with Crippen molar-refractivity contribution in [2.45, 2.75) is 20.8 Å². The van der Waals surface area contributed by atoms with Crippen molar-refractivity contribution in [1.29, 1.82) is 0 Å². The molecule has 21 heavy (non-hydrogen) atoms. The van der Waals surface area contributed by atoms with Gasteiger partial charge >= 0.3 is 5.97 Å². The van der Waals surface area contributed by atoms with E-state index >= 15 is 0 Å². The van der Waals surface area contributed by atoms with E-state index in [0.29, 0.717) is 11.6 Å². The predicted octanol–water partition coefficient (Wildman–Crippen LogP) is 3.25. The molecule has 0 radical (unpaired) electrons. The molecule has 0 spiro atoms. The van der Waals surface area contributed by atoms with Crippen molar-refractivity contribution in [1.82, 2.24) is 4.98 Å². The third-order valence-corrected chi connectivity index (χ3v) is 2.96. The summed E-state index contributed by atoms with van der Waals surface area (Å²) in [7, 11) is 0. The van der Waals surface area contributed by atoms with Gasteiger partial charge in [-0.25, -0.2) is 9.78 Å². The largest absolute Gasteiger partial charge is 0.462 e. The number of aromatic nitrogens is 1. The Morgan fingerprint density at radius 3 is 2.76 bits per heavy atom. The Hall–Kier alpha value is -2.56. The van der Waals surface area contributed by atoms with Gasteiger partial charge in [-0.2, -0.15) is 0 Å². The lowest BCUT2D eigenvalue weighted by Gasteiger charge is -2.11. The van der Waals surface area contributed by atoms with Crippen LogP contribution >= 0.6 is 0 Å². The number of rotatable bonds is 4. The molecular formula is C16H18N2O3. The quantitative estimate of drug-likeness (QED) is 0.873. The van der Waals surface area contributed by atoms with Crippen LogP contribution in [0.2, 0.25) is 0 Å². The molecule has 0 amide bonds. The first-order chi connectivity index (χ1) is 10.0. The van der Waals surface area contributed by atoms with Crippen LogP contribution in [0.5, 0.6) is 11.6 Å². The fourth-order valence-corrected chi connectivity index (χ4v) is 1.82. The van der Waals surface area contributed by atoms with Crippen LogP contribution in [0.15, 0.2) is 30.5 Å². The van der Waals surface area contributed by atoms with Crippen LogP contribution in [-0.4, -0.2) is 17.6 Å². The van der Waals surface area contributed by atoms with Gasteiger partial charge < -0.3 is 15.2 Å². The number of hydrogen-bond donors (Lipinski definition) is 1. The molecule has 0 bridgehead atoms. The van der Waals surface area contributed by atoms with Crippen molar-refractivity contribution in [3.63, 3.8) is 0 Å². The Labute approximate surface area is 123 Å². The van der Waals surface area contributed by atoms with Crippen molar-refractivity contribution in [2.24, 2.45) is 0 Å². The SMILES string of the molecule is CCOC(=O)c1cc(Oc2cc(C)ccc2C)ncc1N. The number of pyridine rings is 1. The van der Waals surface area contributed by atoms with Gasteiger partial charge in [-0.1, -0.05) is 12.1 Å². The zero-order valence-corrected chi connectivity index (χ0v) is 12.3. The van der Waals surface area contributed by atoms with Gasteiger partial charge in [0.2, 0.25) is 5.88 Å². The Balaban J connectivity index is 2.31. The van der Waals surface area contributed by atoms with Gasteiger partial charge in [0.1, 0.15) is 5.75 Å². The maximum atomic E-state index is 11.8. The zero-order chi connectivity index (χ0) is 15.4. The second kappa shape index (κ2) is 6.26. The normalized spacial score (nSPS) is 10.2. The van der Waals surface area contributed by atoms with E-state index in [9.17, 15) is 4.79 Å². The summed E-state index contributed by atoms with van der Waals surface area (Å²) in [6.45, 7) is 5.95. The number of anilines is 1. The second-order valence-corrected chi connectivity index (χ2v) is 4.70. The minimum absolute atomic E-state index is 0.257. The number of benzene rings is 1. The minimum atomic E-state index is -0.483. The minimum Gasteiger partial charge on any atom is -0.462 e. The molecule has 2 rings (SSSR count). The van der Waals surface area contributed by atoms with E-state index < -0.39 is 5.97 Å². The molecule has 0 unspecified atom stereocenters. The van der Waals surface area contributed by atoms with Gasteiger partial charge in [-0.15, -0.1) is 0 Å². The molecule has 1 aromatic carbocycles. The van der Waals surface area contributed by atoms with Crippen LogP contribution in [0.25, 0.3) is 0 Å². The lowest BCUT2D eigenvalue weighted by atomic mass is 10.1. The van der Waals surface area contributed by atoms with E-state index in [-0.39, 0.29) is 17.9 Å². The number of carbonyl (C=O) groups is 1. The molecule has 0 aliphatic heterocycles. The summed E-state index contributed by atoms with van der Waals surface area (Å²) in [6.07, 6.45) is 1.40. The van der Waals surface area contributed by atoms with E-state index in [4.69, 9.17) is 15.2 Å². The Kier molecular flexibility index (Phi) is 4.42. The van der Waals surface area contributed by atoms with Crippen molar-refractivity contribution < 1.29 is 14.3 Å². The molecule has 1 heterocycles. The van der Waals surface area contributed by atoms with E-state index in [0.717, 1.165) is 11.1 Å². The van der Waals surface area contributed by atoms with E-state index in [2.05, 4.69) is 4.98 Å². The van der Waals surface area contributed by atoms with Crippen molar-refractivity contribution in [3.05, 3.63) is 47.2 Å². The maximum absolute atomic E-state index is 11.8. The van der Waals surface area contributed by atoms with Gasteiger partial charge in [0, 0.05) is 6.07 Å². The standard InChI is InChI=1S/C16H18N2O3/c1-4-20-16(19)12-8-15(18-9-13(12)17)21-14-7-10(2)5-6-11(14)3/h5-9H,4,17H2,1-3H3. The summed E-state index contributed by atoms with van der Waals surface area (Å²) in [5, 5.41) is 0. The third-order valence-electron chi connectivity index (χ3n) is 2.96. The summed E-state index contributed by atoms with van der Waals surface area (Å²) in [6, 6.07) is 7.38. The number of ether oxygens (including phenoxy) is 2. The first kappa shape index (κ1) is 14.8. The Bertz CT molecular complexity index is 669. The highest BCUT2D eigenvalue weighted by Gasteiger charge is 2.14. The number of nitrogens with two attached hydrogens (primary N) is 1. The molecule has 2 aromatic rings. The molecule has 0 atom stereocenters. The van der Waals surface area contributed by atoms with E-state index in [1.165, 1.54) is 12.3 Å². The first-order valence-corrected chi connectivity index (χ1v) is 6.69. The number of aryl methyl sites for hydroxylation is 2. The Morgan fingerprint density at radius 1 is 1.29 bits per heavy atom. The van der Waals surface area contributed by atoms with Gasteiger partial charge in [0.05, 0.1) is 24.1 Å². The Morgan fingerprint density at radius 2 is 2.05 bits per heavy atom. The summed E-state index contributed by atoms with van der Waals surface area (Å²) in [4.78, 5) is 15.9. The van der Waals surface area contributed by atoms with Crippen LogP contribution in [-0.2, 0) is 4.74 Å². The molecule has 5 heteroatoms. The van der Waals surface area contributed by atoms with Crippen molar-refractivity contribution in [2.75, 3.05) is 12.3 Å². The lowest BCUT2D eigenvalue weighted by molar-refractivity contribution is 0.0527. The highest BCUT2D eigenvalue weighted by Crippen LogP contribution is 2.26. The van der Waals surface area contributed by atoms with E-state index in [1.54, 1.807) is 6.92 Å². The summed E-state index contributed by atoms with van der Waals surface area (Å²) >= 11 is 0. The third kappa shape index (κ3) is 3.51. The van der Waals surface area contributed by atoms with E-state index in [1.807, 2.05) is 32.0 Å². The molecule has 0 saturated carbocycles. The fourth-order valence-electron chi connectivity index (χ4n) is 1.82. The molecule has 5 nitrogen and oxygen atoms in total. The van der Waals surface area contributed by atoms with Crippen LogP contribution in [0.4, 0.5) is 5.69 Å². The highest BCUT2D eigenvalue weighted by atomic mass is 16.5. The van der Waals surface area contributed by atoms with Gasteiger partial charge in [0.25, 0.3) is 0 Å². The smallest absolute Gasteiger partial charge is 0.340 e. The summed E-state index contributed by atoms with van der Waals surface area (Å²) in [5.41, 5.74) is 8.33. The van der Waals surface area contributed by atoms with Crippen molar-refractivity contribution >= 4 is 11.7 Å². The van der Waals surface area contributed by atoms with Crippen LogP contribution in [0, 0.1) is 13.8 Å². The lowest BCUT2D eigenvalue weighted by Crippen LogP contribution is -2.08. The number of nitrogens with zero attached hydrogens (tertiary/aromatic N) is 1. The van der Waals surface area contributed by atoms with Gasteiger partial charge in [-0.05, 0) is 38.0 Å². The summed E-state index contributed by atoms with van der Waals surface area (Å²) < 4.78 is 10.7. The van der Waals surface area contributed by atoms with Crippen LogP contribution in [0.1, 0.15) is 28.4 Å². The molecule has 0 saturated heterocycles. The molecule has 110 valence electrons. The average Bonchev–Trinajstić information content (AvgIpc) is 2.45. The molecule has 0 aliphatic carbocycles. The zero-order valence-electron chi connectivity index (χ0n) is 12.3. The first-order valence-electron chi connectivity index (χ1n) is 6.69. The molecule has 1 aromatic heterocycles. The van der Waals surface area contributed by atoms with Crippen molar-refractivity contribution in [3.8, 4) is 11.6 Å². The molecular weight excluding hydrogens is 268 g/mol. The second-order valence-electron chi connectivity index (χ2n) is 4.70. The maximum Gasteiger partial charge on any atom is 0.340 e. The monoisotopic (exact) mass is 286 g/mol. The predicted molar refractivity (Wildman–Crippen MR) is 80.6 cm³/mol.